The van der Waals surface area contributed by atoms with Crippen LogP contribution in [0.4, 0.5) is 0 Å². The van der Waals surface area contributed by atoms with Gasteiger partial charge >= 0.3 is 0 Å². The first-order chi connectivity index (χ1) is 12.2. The van der Waals surface area contributed by atoms with Crippen molar-refractivity contribution in [2.24, 2.45) is 0 Å². The molecule has 0 amide bonds. The highest BCUT2D eigenvalue weighted by Crippen LogP contribution is 2.34. The molecule has 4 rings (SSSR count). The molecule has 1 aromatic heterocycles. The number of para-hydroxylation sites is 1. The van der Waals surface area contributed by atoms with Gasteiger partial charge in [0.25, 0.3) is 0 Å². The van der Waals surface area contributed by atoms with Gasteiger partial charge in [0.2, 0.25) is 0 Å². The summed E-state index contributed by atoms with van der Waals surface area (Å²) >= 11 is 0. The number of fused-ring (bicyclic) bond motifs is 3. The van der Waals surface area contributed by atoms with Crippen molar-refractivity contribution in [2.45, 2.75) is 51.5 Å². The third-order valence-corrected chi connectivity index (χ3v) is 5.57. The van der Waals surface area contributed by atoms with Gasteiger partial charge in [0.1, 0.15) is 0 Å². The number of nitrogens with one attached hydrogen (secondary N) is 2. The molecule has 130 valence electrons. The van der Waals surface area contributed by atoms with Gasteiger partial charge in [0.15, 0.2) is 0 Å². The Morgan fingerprint density at radius 3 is 2.68 bits per heavy atom. The van der Waals surface area contributed by atoms with Gasteiger partial charge in [-0.2, -0.15) is 0 Å². The van der Waals surface area contributed by atoms with Crippen LogP contribution in [0.2, 0.25) is 0 Å². The highest BCUT2D eigenvalue weighted by Gasteiger charge is 2.23. The molecule has 1 aliphatic rings. The number of hydrogen-bond acceptors (Lipinski definition) is 1. The number of rotatable bonds is 5. The van der Waals surface area contributed by atoms with Gasteiger partial charge in [-0.3, -0.25) is 0 Å². The maximum atomic E-state index is 3.79. The zero-order valence-electron chi connectivity index (χ0n) is 15.3. The van der Waals surface area contributed by atoms with Crippen LogP contribution >= 0.6 is 0 Å². The Bertz CT molecular complexity index is 842. The van der Waals surface area contributed by atoms with Crippen molar-refractivity contribution in [3.05, 3.63) is 70.9 Å². The molecule has 2 nitrogen and oxygen atoms in total. The number of aromatic nitrogens is 1. The van der Waals surface area contributed by atoms with Crippen LogP contribution < -0.4 is 5.32 Å². The summed E-state index contributed by atoms with van der Waals surface area (Å²) in [6.07, 6.45) is 4.79. The largest absolute Gasteiger partial charge is 0.357 e. The minimum Gasteiger partial charge on any atom is -0.357 e. The second kappa shape index (κ2) is 7.05. The van der Waals surface area contributed by atoms with Gasteiger partial charge in [-0.1, -0.05) is 56.3 Å². The van der Waals surface area contributed by atoms with Crippen molar-refractivity contribution >= 4 is 10.9 Å². The van der Waals surface area contributed by atoms with Crippen LogP contribution in [0.25, 0.3) is 10.9 Å². The Labute approximate surface area is 150 Å². The van der Waals surface area contributed by atoms with Crippen molar-refractivity contribution in [1.29, 1.82) is 0 Å². The van der Waals surface area contributed by atoms with E-state index < -0.39 is 0 Å². The molecule has 1 atom stereocenters. The van der Waals surface area contributed by atoms with Crippen molar-refractivity contribution < 1.29 is 0 Å². The van der Waals surface area contributed by atoms with Gasteiger partial charge < -0.3 is 10.3 Å². The average molecular weight is 332 g/mol. The normalized spacial score (nSPS) is 17.2. The summed E-state index contributed by atoms with van der Waals surface area (Å²) in [7, 11) is 0. The molecule has 0 spiro atoms. The van der Waals surface area contributed by atoms with Crippen LogP contribution in [0.5, 0.6) is 0 Å². The van der Waals surface area contributed by atoms with Gasteiger partial charge in [-0.15, -0.1) is 0 Å². The number of hydrogen-bond donors (Lipinski definition) is 2. The lowest BCUT2D eigenvalue weighted by Gasteiger charge is -2.24. The molecule has 0 aliphatic heterocycles. The molecule has 0 bridgehead atoms. The molecule has 1 aliphatic carbocycles. The van der Waals surface area contributed by atoms with Gasteiger partial charge in [0, 0.05) is 22.6 Å². The van der Waals surface area contributed by atoms with Gasteiger partial charge in [-0.05, 0) is 60.9 Å². The topological polar surface area (TPSA) is 27.8 Å². The zero-order chi connectivity index (χ0) is 17.2. The van der Waals surface area contributed by atoms with Crippen LogP contribution in [0.3, 0.4) is 0 Å². The molecule has 2 aromatic carbocycles. The lowest BCUT2D eigenvalue weighted by Crippen LogP contribution is -2.27. The highest BCUT2D eigenvalue weighted by atomic mass is 14.9. The third kappa shape index (κ3) is 3.36. The van der Waals surface area contributed by atoms with Crippen LogP contribution in [0.15, 0.2) is 48.5 Å². The van der Waals surface area contributed by atoms with Gasteiger partial charge in [0.05, 0.1) is 0 Å². The molecular formula is C23H28N2. The Kier molecular flexibility index (Phi) is 4.63. The van der Waals surface area contributed by atoms with E-state index in [1.165, 1.54) is 52.5 Å². The SMILES string of the molecule is CC(C)c1ccc(CCNC2CCCc3c2[nH]c2ccccc32)cc1. The van der Waals surface area contributed by atoms with Crippen molar-refractivity contribution in [3.63, 3.8) is 0 Å². The fourth-order valence-electron chi connectivity index (χ4n) is 4.08. The van der Waals surface area contributed by atoms with Crippen LogP contribution in [0.1, 0.15) is 61.0 Å². The fraction of sp³-hybridized carbons (Fsp3) is 0.391. The standard InChI is InChI=1S/C23H28N2/c1-16(2)18-12-10-17(11-13-18)14-15-24-22-9-5-7-20-19-6-3-4-8-21(19)25-23(20)22/h3-4,6,8,10-13,16,22,24-25H,5,7,9,14-15H2,1-2H3. The molecule has 0 saturated carbocycles. The van der Waals surface area contributed by atoms with E-state index in [-0.39, 0.29) is 0 Å². The first-order valence-electron chi connectivity index (χ1n) is 9.64. The lowest BCUT2D eigenvalue weighted by molar-refractivity contribution is 0.456. The summed E-state index contributed by atoms with van der Waals surface area (Å²) in [6.45, 7) is 5.52. The summed E-state index contributed by atoms with van der Waals surface area (Å²) in [5.74, 6) is 0.606. The van der Waals surface area contributed by atoms with Crippen LogP contribution in [-0.2, 0) is 12.8 Å². The van der Waals surface area contributed by atoms with Crippen molar-refractivity contribution in [3.8, 4) is 0 Å². The smallest absolute Gasteiger partial charge is 0.0476 e. The maximum Gasteiger partial charge on any atom is 0.0476 e. The van der Waals surface area contributed by atoms with E-state index >= 15 is 0 Å². The lowest BCUT2D eigenvalue weighted by atomic mass is 9.91. The maximum absolute atomic E-state index is 3.79. The Morgan fingerprint density at radius 2 is 1.88 bits per heavy atom. The molecule has 0 fully saturated rings. The molecule has 2 N–H and O–H groups in total. The Balaban J connectivity index is 1.42. The number of aromatic amines is 1. The van der Waals surface area contributed by atoms with E-state index in [4.69, 9.17) is 0 Å². The molecule has 0 radical (unpaired) electrons. The molecule has 0 saturated heterocycles. The molecule has 1 unspecified atom stereocenters. The second-order valence-corrected chi connectivity index (χ2v) is 7.61. The Morgan fingerprint density at radius 1 is 1.08 bits per heavy atom. The van der Waals surface area contributed by atoms with E-state index in [0.29, 0.717) is 12.0 Å². The summed E-state index contributed by atoms with van der Waals surface area (Å²) in [6, 6.07) is 18.3. The van der Waals surface area contributed by atoms with E-state index in [1.807, 2.05) is 0 Å². The Hall–Kier alpha value is -2.06. The van der Waals surface area contributed by atoms with Crippen LogP contribution in [-0.4, -0.2) is 11.5 Å². The molecule has 1 heterocycles. The average Bonchev–Trinajstić information content (AvgIpc) is 3.02. The highest BCUT2D eigenvalue weighted by molar-refractivity contribution is 5.85. The van der Waals surface area contributed by atoms with E-state index in [0.717, 1.165) is 13.0 Å². The summed E-state index contributed by atoms with van der Waals surface area (Å²) in [5, 5.41) is 5.20. The quantitative estimate of drug-likeness (QED) is 0.634. The third-order valence-electron chi connectivity index (χ3n) is 5.57. The summed E-state index contributed by atoms with van der Waals surface area (Å²) < 4.78 is 0. The van der Waals surface area contributed by atoms with E-state index in [2.05, 4.69) is 72.7 Å². The van der Waals surface area contributed by atoms with E-state index in [1.54, 1.807) is 0 Å². The minimum atomic E-state index is 0.464. The molecular weight excluding hydrogens is 304 g/mol. The van der Waals surface area contributed by atoms with Crippen LogP contribution in [0, 0.1) is 0 Å². The second-order valence-electron chi connectivity index (χ2n) is 7.61. The van der Waals surface area contributed by atoms with Gasteiger partial charge in [-0.25, -0.2) is 0 Å². The predicted molar refractivity (Wildman–Crippen MR) is 106 cm³/mol. The molecule has 3 aromatic rings. The minimum absolute atomic E-state index is 0.464. The van der Waals surface area contributed by atoms with E-state index in [9.17, 15) is 0 Å². The monoisotopic (exact) mass is 332 g/mol. The molecule has 25 heavy (non-hydrogen) atoms. The number of benzene rings is 2. The van der Waals surface area contributed by atoms with Crippen molar-refractivity contribution in [2.75, 3.05) is 6.54 Å². The predicted octanol–water partition coefficient (Wildman–Crippen LogP) is 5.50. The first-order valence-corrected chi connectivity index (χ1v) is 9.64. The zero-order valence-corrected chi connectivity index (χ0v) is 15.3. The molecule has 2 heteroatoms. The number of H-pyrrole nitrogens is 1. The fourth-order valence-corrected chi connectivity index (χ4v) is 4.08. The summed E-state index contributed by atoms with van der Waals surface area (Å²) in [4.78, 5) is 3.67. The first kappa shape index (κ1) is 16.4. The van der Waals surface area contributed by atoms with Crippen molar-refractivity contribution in [1.82, 2.24) is 10.3 Å². The summed E-state index contributed by atoms with van der Waals surface area (Å²) in [5.41, 5.74) is 7.07. The number of aryl methyl sites for hydroxylation is 1.